The van der Waals surface area contributed by atoms with E-state index in [1.54, 1.807) is 0 Å². The predicted molar refractivity (Wildman–Crippen MR) is 140 cm³/mol. The number of likely N-dealkylation sites (N-methyl/N-ethyl adjacent to an activating group) is 1. The van der Waals surface area contributed by atoms with Crippen LogP contribution in [0.3, 0.4) is 0 Å². The number of fused-ring (bicyclic) bond motifs is 1. The molecule has 9 heteroatoms. The van der Waals surface area contributed by atoms with Gasteiger partial charge in [0.15, 0.2) is 5.65 Å². The fourth-order valence-corrected chi connectivity index (χ4v) is 4.80. The minimum Gasteiger partial charge on any atom is -0.372 e. The van der Waals surface area contributed by atoms with Gasteiger partial charge >= 0.3 is 0 Å². The first-order valence-electron chi connectivity index (χ1n) is 12.3. The van der Waals surface area contributed by atoms with Gasteiger partial charge in [-0.05, 0) is 57.0 Å². The monoisotopic (exact) mass is 454 g/mol. The molecule has 0 spiro atoms. The summed E-state index contributed by atoms with van der Waals surface area (Å²) in [7, 11) is 4.30. The van der Waals surface area contributed by atoms with E-state index in [1.807, 2.05) is 6.20 Å². The Bertz CT molecular complexity index is 1270. The zero-order chi connectivity index (χ0) is 23.1. The molecule has 3 heterocycles. The topological polar surface area (TPSA) is 74.1 Å². The second-order valence-electron chi connectivity index (χ2n) is 9.70. The molecule has 6 rings (SSSR count). The van der Waals surface area contributed by atoms with Gasteiger partial charge in [-0.2, -0.15) is 4.98 Å². The molecular weight excluding hydrogens is 423 g/mol. The van der Waals surface area contributed by atoms with Crippen LogP contribution in [0.15, 0.2) is 54.0 Å². The summed E-state index contributed by atoms with van der Waals surface area (Å²) >= 11 is 0. The molecule has 1 aromatic carbocycles. The average Bonchev–Trinajstić information content (AvgIpc) is 3.61. The van der Waals surface area contributed by atoms with E-state index in [0.29, 0.717) is 12.0 Å². The lowest BCUT2D eigenvalue weighted by atomic mass is 9.96. The van der Waals surface area contributed by atoms with Gasteiger partial charge in [-0.25, -0.2) is 9.97 Å². The molecule has 0 amide bonds. The third-order valence-corrected chi connectivity index (χ3v) is 6.93. The van der Waals surface area contributed by atoms with Crippen molar-refractivity contribution in [2.24, 2.45) is 0 Å². The van der Waals surface area contributed by atoms with Crippen LogP contribution in [-0.2, 0) is 0 Å². The molecule has 0 unspecified atom stereocenters. The number of hydrogen-bond donors (Lipinski definition) is 2. The standard InChI is InChI=1S/C25H31BN8/c1-32-11-13-33(14-12-32)20-7-5-18(6-8-20)28-24-27-16-22-23(31-24)34(21-9-10-21)25(30-22)29-19-4-2-3-17(26)15-19/h2-5,7,15-16,21H,6,8-14,26H2,1H3,(H,29,30)(H,27,28,31). The third kappa shape index (κ3) is 4.40. The van der Waals surface area contributed by atoms with E-state index < -0.39 is 0 Å². The van der Waals surface area contributed by atoms with E-state index in [4.69, 9.17) is 9.97 Å². The maximum Gasteiger partial charge on any atom is 0.229 e. The Kier molecular flexibility index (Phi) is 5.49. The van der Waals surface area contributed by atoms with Gasteiger partial charge in [0.05, 0.1) is 6.20 Å². The van der Waals surface area contributed by atoms with Gasteiger partial charge in [0.1, 0.15) is 13.4 Å². The van der Waals surface area contributed by atoms with Crippen molar-refractivity contribution >= 4 is 42.1 Å². The van der Waals surface area contributed by atoms with Crippen LogP contribution < -0.4 is 16.1 Å². The minimum atomic E-state index is 0.447. The molecule has 174 valence electrons. The number of anilines is 3. The van der Waals surface area contributed by atoms with Crippen LogP contribution in [0.2, 0.25) is 0 Å². The van der Waals surface area contributed by atoms with Crippen molar-refractivity contribution in [3.8, 4) is 0 Å². The average molecular weight is 454 g/mol. The summed E-state index contributed by atoms with van der Waals surface area (Å²) in [6.45, 7) is 4.50. The highest BCUT2D eigenvalue weighted by Gasteiger charge is 2.29. The first-order chi connectivity index (χ1) is 16.6. The normalized spacial score (nSPS) is 19.1. The van der Waals surface area contributed by atoms with Crippen LogP contribution >= 0.6 is 0 Å². The number of aromatic nitrogens is 4. The molecule has 1 saturated carbocycles. The number of nitrogens with one attached hydrogen (secondary N) is 2. The summed E-state index contributed by atoms with van der Waals surface area (Å²) in [6.07, 6.45) is 10.6. The van der Waals surface area contributed by atoms with E-state index in [1.165, 1.54) is 11.2 Å². The Morgan fingerprint density at radius 3 is 2.59 bits per heavy atom. The number of rotatable bonds is 6. The SMILES string of the molecule is Bc1cccc(Nc2nc3cnc(NC4=CC=C(N5CCN(C)CC5)CC4)nc3n2C2CC2)c1. The Morgan fingerprint density at radius 1 is 1.00 bits per heavy atom. The predicted octanol–water partition coefficient (Wildman–Crippen LogP) is 2.38. The second kappa shape index (κ2) is 8.79. The summed E-state index contributed by atoms with van der Waals surface area (Å²) in [5, 5.41) is 6.96. The van der Waals surface area contributed by atoms with Crippen molar-refractivity contribution in [2.75, 3.05) is 43.9 Å². The Balaban J connectivity index is 1.22. The van der Waals surface area contributed by atoms with E-state index in [9.17, 15) is 0 Å². The van der Waals surface area contributed by atoms with Crippen molar-refractivity contribution in [2.45, 2.75) is 31.7 Å². The van der Waals surface area contributed by atoms with Crippen LogP contribution in [0.5, 0.6) is 0 Å². The zero-order valence-corrected chi connectivity index (χ0v) is 20.0. The molecule has 0 radical (unpaired) electrons. The lowest BCUT2D eigenvalue weighted by molar-refractivity contribution is 0.182. The van der Waals surface area contributed by atoms with Crippen molar-refractivity contribution in [1.29, 1.82) is 0 Å². The highest BCUT2D eigenvalue weighted by Crippen LogP contribution is 2.40. The molecule has 2 aromatic heterocycles. The van der Waals surface area contributed by atoms with E-state index >= 15 is 0 Å². The maximum atomic E-state index is 4.89. The molecule has 3 aromatic rings. The molecule has 2 N–H and O–H groups in total. The smallest absolute Gasteiger partial charge is 0.229 e. The summed E-state index contributed by atoms with van der Waals surface area (Å²) < 4.78 is 2.24. The quantitative estimate of drug-likeness (QED) is 0.554. The molecule has 3 aliphatic rings. The summed E-state index contributed by atoms with van der Waals surface area (Å²) in [6, 6.07) is 8.81. The first kappa shape index (κ1) is 21.2. The molecule has 8 nitrogen and oxygen atoms in total. The van der Waals surface area contributed by atoms with Gasteiger partial charge in [0.25, 0.3) is 0 Å². The van der Waals surface area contributed by atoms with Crippen LogP contribution in [0, 0.1) is 0 Å². The van der Waals surface area contributed by atoms with Crippen LogP contribution in [0.25, 0.3) is 11.2 Å². The summed E-state index contributed by atoms with van der Waals surface area (Å²) in [5.41, 5.74) is 6.57. The molecular formula is C25H31BN8. The van der Waals surface area contributed by atoms with Crippen LogP contribution in [0.1, 0.15) is 31.7 Å². The van der Waals surface area contributed by atoms with Gasteiger partial charge in [-0.3, -0.25) is 4.57 Å². The van der Waals surface area contributed by atoms with E-state index in [0.717, 1.165) is 80.4 Å². The Labute approximate surface area is 201 Å². The number of hydrogen-bond acceptors (Lipinski definition) is 7. The van der Waals surface area contributed by atoms with Gasteiger partial charge in [0.2, 0.25) is 11.9 Å². The molecule has 34 heavy (non-hydrogen) atoms. The third-order valence-electron chi connectivity index (χ3n) is 6.93. The molecule has 2 aliphatic carbocycles. The second-order valence-corrected chi connectivity index (χ2v) is 9.70. The Morgan fingerprint density at radius 2 is 1.85 bits per heavy atom. The van der Waals surface area contributed by atoms with Crippen LogP contribution in [0.4, 0.5) is 17.6 Å². The van der Waals surface area contributed by atoms with Crippen molar-refractivity contribution in [3.05, 3.63) is 54.0 Å². The molecule has 0 bridgehead atoms. The van der Waals surface area contributed by atoms with Crippen molar-refractivity contribution in [3.63, 3.8) is 0 Å². The highest BCUT2D eigenvalue weighted by atomic mass is 15.3. The number of benzene rings is 1. The van der Waals surface area contributed by atoms with Gasteiger partial charge in [0, 0.05) is 49.3 Å². The lowest BCUT2D eigenvalue weighted by Gasteiger charge is -2.36. The minimum absolute atomic E-state index is 0.447. The molecule has 1 saturated heterocycles. The van der Waals surface area contributed by atoms with Gasteiger partial charge in [-0.15, -0.1) is 0 Å². The largest absolute Gasteiger partial charge is 0.372 e. The summed E-state index contributed by atoms with van der Waals surface area (Å²) in [5.74, 6) is 1.48. The Hall–Kier alpha value is -3.33. The molecule has 0 atom stereocenters. The summed E-state index contributed by atoms with van der Waals surface area (Å²) in [4.78, 5) is 19.2. The van der Waals surface area contributed by atoms with Gasteiger partial charge in [-0.1, -0.05) is 17.6 Å². The van der Waals surface area contributed by atoms with Gasteiger partial charge < -0.3 is 20.4 Å². The number of allylic oxidation sites excluding steroid dienone is 4. The fraction of sp³-hybridized carbons (Fsp3) is 0.400. The number of imidazole rings is 1. The fourth-order valence-electron chi connectivity index (χ4n) is 4.80. The maximum absolute atomic E-state index is 4.89. The number of piperazine rings is 1. The van der Waals surface area contributed by atoms with Crippen molar-refractivity contribution < 1.29 is 0 Å². The van der Waals surface area contributed by atoms with Crippen molar-refractivity contribution in [1.82, 2.24) is 29.3 Å². The van der Waals surface area contributed by atoms with Crippen LogP contribution in [-0.4, -0.2) is 70.4 Å². The van der Waals surface area contributed by atoms with E-state index in [-0.39, 0.29) is 0 Å². The highest BCUT2D eigenvalue weighted by molar-refractivity contribution is 6.32. The molecule has 2 fully saturated rings. The van der Waals surface area contributed by atoms with E-state index in [2.05, 4.69) is 81.3 Å². The lowest BCUT2D eigenvalue weighted by Crippen LogP contribution is -2.44. The molecule has 1 aliphatic heterocycles. The number of nitrogens with zero attached hydrogens (tertiary/aromatic N) is 6. The zero-order valence-electron chi connectivity index (χ0n) is 20.0. The first-order valence-corrected chi connectivity index (χ1v) is 12.3.